The van der Waals surface area contributed by atoms with Crippen LogP contribution in [0.25, 0.3) is 11.3 Å². The summed E-state index contributed by atoms with van der Waals surface area (Å²) in [6.45, 7) is 1.11. The lowest BCUT2D eigenvalue weighted by Crippen LogP contribution is -2.09. The number of amides is 1. The number of nitrogens with one attached hydrogen (secondary N) is 1. The van der Waals surface area contributed by atoms with E-state index in [1.807, 2.05) is 5.32 Å². The Hall–Kier alpha value is -3.16. The van der Waals surface area contributed by atoms with Crippen molar-refractivity contribution in [2.75, 3.05) is 12.4 Å². The molecule has 1 heterocycles. The number of carbonyl (C=O) groups excluding carboxylic acids is 1. The van der Waals surface area contributed by atoms with Crippen LogP contribution in [0.1, 0.15) is 6.92 Å². The molecule has 3 N–H and O–H groups in total. The maximum absolute atomic E-state index is 11.1. The molecule has 0 saturated carbocycles. The molecule has 8 nitrogen and oxygen atoms in total. The Morgan fingerprint density at radius 2 is 1.95 bits per heavy atom. The van der Waals surface area contributed by atoms with E-state index in [2.05, 4.69) is 0 Å². The maximum atomic E-state index is 11.1. The average Bonchev–Trinajstić information content (AvgIpc) is 2.75. The van der Waals surface area contributed by atoms with E-state index in [0.29, 0.717) is 11.3 Å². The number of para-hydroxylation sites is 1. The highest BCUT2D eigenvalue weighted by molar-refractivity contribution is 5.88. The highest BCUT2D eigenvalue weighted by Crippen LogP contribution is 2.48. The molecule has 0 unspecified atom stereocenters. The third kappa shape index (κ3) is 2.95. The normalized spacial score (nSPS) is 10.1. The van der Waals surface area contributed by atoms with Crippen molar-refractivity contribution in [1.82, 2.24) is 0 Å². The van der Waals surface area contributed by atoms with Crippen LogP contribution >= 0.6 is 0 Å². The highest BCUT2D eigenvalue weighted by atomic mass is 16.6. The van der Waals surface area contributed by atoms with E-state index in [-0.39, 0.29) is 5.76 Å². The minimum atomic E-state index is -1.44. The van der Waals surface area contributed by atoms with Crippen molar-refractivity contribution in [2.24, 2.45) is 0 Å². The van der Waals surface area contributed by atoms with Crippen molar-refractivity contribution in [3.8, 4) is 28.6 Å². The Labute approximate surface area is 124 Å². The molecule has 1 amide bonds. The van der Waals surface area contributed by atoms with Gasteiger partial charge in [-0.15, -0.1) is 0 Å². The lowest BCUT2D eigenvalue weighted by molar-refractivity contribution is -0.132. The Morgan fingerprint density at radius 3 is 2.55 bits per heavy atom. The Bertz CT molecular complexity index is 720. The second-order valence-corrected chi connectivity index (χ2v) is 4.16. The van der Waals surface area contributed by atoms with Crippen LogP contribution in [-0.2, 0) is 4.79 Å². The van der Waals surface area contributed by atoms with Gasteiger partial charge in [-0.1, -0.05) is 12.1 Å². The summed E-state index contributed by atoms with van der Waals surface area (Å²) >= 11 is 0. The fourth-order valence-corrected chi connectivity index (χ4v) is 1.84. The predicted octanol–water partition coefficient (Wildman–Crippen LogP) is 2.68. The van der Waals surface area contributed by atoms with Gasteiger partial charge in [0, 0.05) is 6.92 Å². The van der Waals surface area contributed by atoms with Gasteiger partial charge in [-0.2, -0.15) is 0 Å². The number of ether oxygens (including phenoxy) is 2. The topological polar surface area (TPSA) is 118 Å². The first-order valence-corrected chi connectivity index (χ1v) is 6.11. The summed E-state index contributed by atoms with van der Waals surface area (Å²) in [5, 5.41) is 20.9. The number of furan rings is 1. The molecule has 0 atom stereocenters. The highest BCUT2D eigenvalue weighted by Gasteiger charge is 2.26. The van der Waals surface area contributed by atoms with Gasteiger partial charge in [0.1, 0.15) is 5.75 Å². The lowest BCUT2D eigenvalue weighted by atomic mass is 10.1. The summed E-state index contributed by atoms with van der Waals surface area (Å²) in [6, 6.07) is 6.62. The number of methoxy groups -OCH3 is 1. The zero-order valence-corrected chi connectivity index (χ0v) is 11.7. The molecule has 0 fully saturated rings. The lowest BCUT2D eigenvalue weighted by Gasteiger charge is -2.05. The SMILES string of the molecule is COc1ccccc1-c1oc(NC(=O)O)c(OC(C)=O)c1O. The number of hydrogen-bond acceptors (Lipinski definition) is 6. The number of hydrogen-bond donors (Lipinski definition) is 3. The molecular weight excluding hydrogens is 294 g/mol. The molecule has 22 heavy (non-hydrogen) atoms. The van der Waals surface area contributed by atoms with Crippen LogP contribution in [0.5, 0.6) is 17.2 Å². The molecule has 8 heteroatoms. The van der Waals surface area contributed by atoms with Gasteiger partial charge < -0.3 is 24.1 Å². The van der Waals surface area contributed by atoms with Crippen LogP contribution in [0.15, 0.2) is 28.7 Å². The molecule has 1 aromatic heterocycles. The third-order valence-electron chi connectivity index (χ3n) is 2.66. The van der Waals surface area contributed by atoms with Crippen LogP contribution in [0, 0.1) is 0 Å². The van der Waals surface area contributed by atoms with Crippen LogP contribution < -0.4 is 14.8 Å². The van der Waals surface area contributed by atoms with Crippen molar-refractivity contribution in [2.45, 2.75) is 6.92 Å². The standard InChI is InChI=1S/C14H13NO7/c1-7(16)21-12-10(17)11(22-13(12)15-14(18)19)8-5-3-4-6-9(8)20-2/h3-6,15,17H,1-2H3,(H,18,19). The molecule has 116 valence electrons. The number of aromatic hydroxyl groups is 1. The Balaban J connectivity index is 2.59. The fourth-order valence-electron chi connectivity index (χ4n) is 1.84. The van der Waals surface area contributed by atoms with E-state index in [1.54, 1.807) is 24.3 Å². The molecule has 0 bridgehead atoms. The monoisotopic (exact) mass is 307 g/mol. The van der Waals surface area contributed by atoms with Crippen molar-refractivity contribution in [1.29, 1.82) is 0 Å². The maximum Gasteiger partial charge on any atom is 0.411 e. The molecule has 0 spiro atoms. The van der Waals surface area contributed by atoms with E-state index < -0.39 is 29.4 Å². The van der Waals surface area contributed by atoms with Crippen LogP contribution in [-0.4, -0.2) is 29.4 Å². The second-order valence-electron chi connectivity index (χ2n) is 4.16. The minimum Gasteiger partial charge on any atom is -0.502 e. The summed E-state index contributed by atoms with van der Waals surface area (Å²) in [5.41, 5.74) is 0.370. The van der Waals surface area contributed by atoms with Gasteiger partial charge in [-0.25, -0.2) is 4.79 Å². The molecule has 0 aliphatic rings. The van der Waals surface area contributed by atoms with Gasteiger partial charge in [0.05, 0.1) is 12.7 Å². The van der Waals surface area contributed by atoms with E-state index in [9.17, 15) is 14.7 Å². The first-order valence-electron chi connectivity index (χ1n) is 6.11. The van der Waals surface area contributed by atoms with Gasteiger partial charge in [0.2, 0.25) is 11.5 Å². The minimum absolute atomic E-state index is 0.0857. The smallest absolute Gasteiger partial charge is 0.411 e. The number of anilines is 1. The first-order chi connectivity index (χ1) is 10.4. The molecule has 0 radical (unpaired) electrons. The van der Waals surface area contributed by atoms with Crippen molar-refractivity contribution in [3.05, 3.63) is 24.3 Å². The van der Waals surface area contributed by atoms with Crippen LogP contribution in [0.4, 0.5) is 10.7 Å². The molecule has 0 saturated heterocycles. The second kappa shape index (κ2) is 6.08. The van der Waals surface area contributed by atoms with Gasteiger partial charge in [-0.05, 0) is 12.1 Å². The summed E-state index contributed by atoms with van der Waals surface area (Å²) in [4.78, 5) is 21.9. The number of carbonyl (C=O) groups is 2. The Kier molecular flexibility index (Phi) is 4.21. The fraction of sp³-hybridized carbons (Fsp3) is 0.143. The molecule has 0 aliphatic heterocycles. The number of rotatable bonds is 4. The zero-order chi connectivity index (χ0) is 16.3. The quantitative estimate of drug-likeness (QED) is 0.743. The van der Waals surface area contributed by atoms with Crippen molar-refractivity contribution in [3.63, 3.8) is 0 Å². The molecule has 1 aromatic carbocycles. The number of benzene rings is 1. The Morgan fingerprint density at radius 1 is 1.27 bits per heavy atom. The molecule has 2 rings (SSSR count). The van der Waals surface area contributed by atoms with E-state index in [1.165, 1.54) is 7.11 Å². The van der Waals surface area contributed by atoms with Crippen LogP contribution in [0.3, 0.4) is 0 Å². The predicted molar refractivity (Wildman–Crippen MR) is 75.3 cm³/mol. The first kappa shape index (κ1) is 15.2. The number of carboxylic acid groups (broad SMARTS) is 1. The third-order valence-corrected chi connectivity index (χ3v) is 2.66. The van der Waals surface area contributed by atoms with Crippen molar-refractivity contribution >= 4 is 17.9 Å². The summed E-state index contributed by atoms with van der Waals surface area (Å²) in [5.74, 6) is -1.75. The van der Waals surface area contributed by atoms with Gasteiger partial charge in [-0.3, -0.25) is 10.1 Å². The molecule has 2 aromatic rings. The summed E-state index contributed by atoms with van der Waals surface area (Å²) in [6.07, 6.45) is -1.44. The largest absolute Gasteiger partial charge is 0.502 e. The van der Waals surface area contributed by atoms with Crippen molar-refractivity contribution < 1.29 is 33.7 Å². The zero-order valence-electron chi connectivity index (χ0n) is 11.7. The van der Waals surface area contributed by atoms with E-state index >= 15 is 0 Å². The van der Waals surface area contributed by atoms with Gasteiger partial charge in [0.15, 0.2) is 5.76 Å². The summed E-state index contributed by atoms with van der Waals surface area (Å²) < 4.78 is 15.2. The van der Waals surface area contributed by atoms with E-state index in [0.717, 1.165) is 6.92 Å². The molecule has 0 aliphatic carbocycles. The summed E-state index contributed by atoms with van der Waals surface area (Å²) in [7, 11) is 1.43. The van der Waals surface area contributed by atoms with E-state index in [4.69, 9.17) is 19.0 Å². The number of esters is 1. The average molecular weight is 307 g/mol. The van der Waals surface area contributed by atoms with Gasteiger partial charge in [0.25, 0.3) is 5.88 Å². The molecular formula is C14H13NO7. The van der Waals surface area contributed by atoms with Gasteiger partial charge >= 0.3 is 12.1 Å². The van der Waals surface area contributed by atoms with Crippen LogP contribution in [0.2, 0.25) is 0 Å².